The molecule has 0 amide bonds. The van der Waals surface area contributed by atoms with E-state index in [0.717, 1.165) is 11.2 Å². The van der Waals surface area contributed by atoms with Crippen LogP contribution in [0.3, 0.4) is 0 Å². The molecule has 0 atom stereocenters. The van der Waals surface area contributed by atoms with E-state index in [1.54, 1.807) is 42.3 Å². The van der Waals surface area contributed by atoms with Crippen LogP contribution in [0, 0.1) is 0 Å². The number of carbonyl (C=O) groups is 1. The third-order valence-corrected chi connectivity index (χ3v) is 3.53. The Kier molecular flexibility index (Phi) is 3.27. The monoisotopic (exact) mass is 302 g/mol. The molecular formula is C15H11ClN2O3. The fourth-order valence-electron chi connectivity index (χ4n) is 2.14. The van der Waals surface area contributed by atoms with Gasteiger partial charge in [0, 0.05) is 6.07 Å². The predicted octanol–water partition coefficient (Wildman–Crippen LogP) is 3.39. The molecule has 1 heterocycles. The summed E-state index contributed by atoms with van der Waals surface area (Å²) < 4.78 is 7.00. The molecule has 0 saturated heterocycles. The van der Waals surface area contributed by atoms with Crippen LogP contribution < -0.4 is 4.74 Å². The smallest absolute Gasteiger partial charge is 0.335 e. The van der Waals surface area contributed by atoms with Crippen molar-refractivity contribution in [2.24, 2.45) is 0 Å². The SMILES string of the molecule is COc1ccc(Cl)c(-n2cnc3cc(C(=O)O)ccc32)c1. The molecule has 2 aromatic carbocycles. The average Bonchev–Trinajstić information content (AvgIpc) is 2.90. The van der Waals surface area contributed by atoms with Crippen molar-refractivity contribution in [3.63, 3.8) is 0 Å². The Hall–Kier alpha value is -2.53. The van der Waals surface area contributed by atoms with Crippen LogP contribution in [0.4, 0.5) is 0 Å². The number of carboxylic acid groups (broad SMARTS) is 1. The van der Waals surface area contributed by atoms with E-state index in [1.165, 1.54) is 12.1 Å². The van der Waals surface area contributed by atoms with Gasteiger partial charge in [0.05, 0.1) is 34.4 Å². The minimum atomic E-state index is -0.981. The van der Waals surface area contributed by atoms with Crippen molar-refractivity contribution in [2.75, 3.05) is 7.11 Å². The molecule has 0 bridgehead atoms. The van der Waals surface area contributed by atoms with Gasteiger partial charge in [0.2, 0.25) is 0 Å². The van der Waals surface area contributed by atoms with Gasteiger partial charge in [-0.15, -0.1) is 0 Å². The summed E-state index contributed by atoms with van der Waals surface area (Å²) in [5, 5.41) is 9.56. The van der Waals surface area contributed by atoms with Crippen LogP contribution in [-0.4, -0.2) is 27.7 Å². The summed E-state index contributed by atoms with van der Waals surface area (Å²) in [7, 11) is 1.58. The second-order valence-electron chi connectivity index (χ2n) is 4.44. The number of carboxylic acids is 1. The van der Waals surface area contributed by atoms with Gasteiger partial charge in [-0.05, 0) is 30.3 Å². The number of aromatic nitrogens is 2. The van der Waals surface area contributed by atoms with Crippen LogP contribution in [0.5, 0.6) is 5.75 Å². The summed E-state index contributed by atoms with van der Waals surface area (Å²) in [6.07, 6.45) is 1.61. The van der Waals surface area contributed by atoms with Gasteiger partial charge in [-0.25, -0.2) is 9.78 Å². The molecule has 0 spiro atoms. The molecule has 106 valence electrons. The molecule has 0 saturated carbocycles. The van der Waals surface area contributed by atoms with Crippen LogP contribution in [0.15, 0.2) is 42.7 Å². The molecule has 1 aromatic heterocycles. The maximum absolute atomic E-state index is 11.0. The first kappa shape index (κ1) is 13.5. The Morgan fingerprint density at radius 2 is 2.10 bits per heavy atom. The maximum Gasteiger partial charge on any atom is 0.335 e. The van der Waals surface area contributed by atoms with Crippen LogP contribution in [0.2, 0.25) is 5.02 Å². The molecule has 0 aliphatic rings. The molecule has 3 aromatic rings. The summed E-state index contributed by atoms with van der Waals surface area (Å²) >= 11 is 6.23. The first-order valence-corrected chi connectivity index (χ1v) is 6.52. The predicted molar refractivity (Wildman–Crippen MR) is 79.6 cm³/mol. The third kappa shape index (κ3) is 2.32. The molecule has 5 nitrogen and oxygen atoms in total. The highest BCUT2D eigenvalue weighted by atomic mass is 35.5. The number of rotatable bonds is 3. The van der Waals surface area contributed by atoms with E-state index >= 15 is 0 Å². The van der Waals surface area contributed by atoms with Crippen molar-refractivity contribution in [3.05, 3.63) is 53.3 Å². The van der Waals surface area contributed by atoms with E-state index in [2.05, 4.69) is 4.98 Å². The topological polar surface area (TPSA) is 64.4 Å². The van der Waals surface area contributed by atoms with Gasteiger partial charge in [0.1, 0.15) is 12.1 Å². The second-order valence-corrected chi connectivity index (χ2v) is 4.85. The lowest BCUT2D eigenvalue weighted by atomic mass is 10.2. The molecule has 0 radical (unpaired) electrons. The maximum atomic E-state index is 11.0. The van der Waals surface area contributed by atoms with Gasteiger partial charge < -0.3 is 9.84 Å². The number of hydrogen-bond acceptors (Lipinski definition) is 3. The molecular weight excluding hydrogens is 292 g/mol. The van der Waals surface area contributed by atoms with Crippen molar-refractivity contribution >= 4 is 28.6 Å². The Morgan fingerprint density at radius 3 is 2.81 bits per heavy atom. The fraction of sp³-hybridized carbons (Fsp3) is 0.0667. The van der Waals surface area contributed by atoms with Crippen molar-refractivity contribution in [1.29, 1.82) is 0 Å². The Morgan fingerprint density at radius 1 is 1.29 bits per heavy atom. The highest BCUT2D eigenvalue weighted by Crippen LogP contribution is 2.28. The van der Waals surface area contributed by atoms with Crippen LogP contribution >= 0.6 is 11.6 Å². The van der Waals surface area contributed by atoms with Crippen LogP contribution in [-0.2, 0) is 0 Å². The van der Waals surface area contributed by atoms with Gasteiger partial charge in [-0.1, -0.05) is 11.6 Å². The zero-order valence-electron chi connectivity index (χ0n) is 11.1. The number of nitrogens with zero attached hydrogens (tertiary/aromatic N) is 2. The Labute approximate surface area is 125 Å². The van der Waals surface area contributed by atoms with Crippen molar-refractivity contribution < 1.29 is 14.6 Å². The molecule has 1 N–H and O–H groups in total. The first-order valence-electron chi connectivity index (χ1n) is 6.14. The van der Waals surface area contributed by atoms with Gasteiger partial charge in [0.15, 0.2) is 0 Å². The number of benzene rings is 2. The molecule has 21 heavy (non-hydrogen) atoms. The van der Waals surface area contributed by atoms with E-state index in [9.17, 15) is 4.79 Å². The van der Waals surface area contributed by atoms with Crippen molar-refractivity contribution in [2.45, 2.75) is 0 Å². The van der Waals surface area contributed by atoms with Gasteiger partial charge >= 0.3 is 5.97 Å². The average molecular weight is 303 g/mol. The van der Waals surface area contributed by atoms with Crippen molar-refractivity contribution in [1.82, 2.24) is 9.55 Å². The third-order valence-electron chi connectivity index (χ3n) is 3.21. The lowest BCUT2D eigenvalue weighted by Gasteiger charge is -2.09. The van der Waals surface area contributed by atoms with E-state index in [4.69, 9.17) is 21.4 Å². The van der Waals surface area contributed by atoms with Gasteiger partial charge in [0.25, 0.3) is 0 Å². The van der Waals surface area contributed by atoms with Crippen LogP contribution in [0.25, 0.3) is 16.7 Å². The number of halogens is 1. The molecule has 0 unspecified atom stereocenters. The Balaban J connectivity index is 2.19. The molecule has 6 heteroatoms. The van der Waals surface area contributed by atoms with E-state index in [1.807, 2.05) is 0 Å². The number of methoxy groups -OCH3 is 1. The number of ether oxygens (including phenoxy) is 1. The minimum Gasteiger partial charge on any atom is -0.497 e. The standard InChI is InChI=1S/C15H11ClN2O3/c1-21-10-3-4-11(16)14(7-10)18-8-17-12-6-9(15(19)20)2-5-13(12)18/h2-8H,1H3,(H,19,20). The quantitative estimate of drug-likeness (QED) is 0.805. The zero-order valence-corrected chi connectivity index (χ0v) is 11.8. The van der Waals surface area contributed by atoms with Crippen molar-refractivity contribution in [3.8, 4) is 11.4 Å². The fourth-order valence-corrected chi connectivity index (χ4v) is 2.35. The molecule has 0 aliphatic heterocycles. The zero-order chi connectivity index (χ0) is 15.0. The summed E-state index contributed by atoms with van der Waals surface area (Å²) in [4.78, 5) is 15.2. The minimum absolute atomic E-state index is 0.199. The summed E-state index contributed by atoms with van der Waals surface area (Å²) in [5.41, 5.74) is 2.29. The summed E-state index contributed by atoms with van der Waals surface area (Å²) in [6.45, 7) is 0. The Bertz CT molecular complexity index is 842. The molecule has 3 rings (SSSR count). The lowest BCUT2D eigenvalue weighted by molar-refractivity contribution is 0.0697. The van der Waals surface area contributed by atoms with Gasteiger partial charge in [-0.3, -0.25) is 4.57 Å². The largest absolute Gasteiger partial charge is 0.497 e. The highest BCUT2D eigenvalue weighted by Gasteiger charge is 2.11. The summed E-state index contributed by atoms with van der Waals surface area (Å²) in [5.74, 6) is -0.302. The lowest BCUT2D eigenvalue weighted by Crippen LogP contribution is -1.97. The number of imidazole rings is 1. The second kappa shape index (κ2) is 5.10. The molecule has 0 fully saturated rings. The normalized spacial score (nSPS) is 10.8. The molecule has 0 aliphatic carbocycles. The van der Waals surface area contributed by atoms with E-state index < -0.39 is 5.97 Å². The number of fused-ring (bicyclic) bond motifs is 1. The first-order chi connectivity index (χ1) is 10.1. The van der Waals surface area contributed by atoms with Gasteiger partial charge in [-0.2, -0.15) is 0 Å². The summed E-state index contributed by atoms with van der Waals surface area (Å²) in [6, 6.07) is 10.1. The number of aromatic carboxylic acids is 1. The highest BCUT2D eigenvalue weighted by molar-refractivity contribution is 6.32. The number of hydrogen-bond donors (Lipinski definition) is 1. The van der Waals surface area contributed by atoms with E-state index in [-0.39, 0.29) is 5.56 Å². The van der Waals surface area contributed by atoms with Crippen LogP contribution in [0.1, 0.15) is 10.4 Å². The van der Waals surface area contributed by atoms with E-state index in [0.29, 0.717) is 16.3 Å².